The van der Waals surface area contributed by atoms with Crippen molar-refractivity contribution in [1.29, 1.82) is 0 Å². The SMILES string of the molecule is Cc1cccc(OCC(=O)Nc2nc(CN3CCOCC3)cs2)c1C. The molecule has 2 heterocycles. The van der Waals surface area contributed by atoms with Crippen molar-refractivity contribution in [1.82, 2.24) is 9.88 Å². The van der Waals surface area contributed by atoms with Crippen LogP contribution in [0.2, 0.25) is 0 Å². The molecule has 7 heteroatoms. The molecule has 1 fully saturated rings. The fourth-order valence-electron chi connectivity index (χ4n) is 2.60. The fraction of sp³-hybridized carbons (Fsp3) is 0.444. The van der Waals surface area contributed by atoms with Crippen molar-refractivity contribution in [3.8, 4) is 5.75 Å². The molecule has 0 radical (unpaired) electrons. The predicted octanol–water partition coefficient (Wildman–Crippen LogP) is 2.61. The Morgan fingerprint density at radius 2 is 2.16 bits per heavy atom. The first kappa shape index (κ1) is 17.8. The van der Waals surface area contributed by atoms with Gasteiger partial charge in [0.15, 0.2) is 11.7 Å². The Hall–Kier alpha value is -1.96. The second kappa shape index (κ2) is 8.42. The number of hydrogen-bond donors (Lipinski definition) is 1. The van der Waals surface area contributed by atoms with Crippen LogP contribution in [0.1, 0.15) is 16.8 Å². The number of nitrogens with zero attached hydrogens (tertiary/aromatic N) is 2. The summed E-state index contributed by atoms with van der Waals surface area (Å²) >= 11 is 1.44. The van der Waals surface area contributed by atoms with Gasteiger partial charge >= 0.3 is 0 Å². The van der Waals surface area contributed by atoms with E-state index in [1.807, 2.05) is 37.4 Å². The summed E-state index contributed by atoms with van der Waals surface area (Å²) in [4.78, 5) is 18.9. The summed E-state index contributed by atoms with van der Waals surface area (Å²) in [6.07, 6.45) is 0. The van der Waals surface area contributed by atoms with E-state index in [-0.39, 0.29) is 12.5 Å². The number of carbonyl (C=O) groups is 1. The van der Waals surface area contributed by atoms with Crippen LogP contribution < -0.4 is 10.1 Å². The van der Waals surface area contributed by atoms with Gasteiger partial charge in [-0.1, -0.05) is 12.1 Å². The highest BCUT2D eigenvalue weighted by Crippen LogP contribution is 2.21. The van der Waals surface area contributed by atoms with Gasteiger partial charge in [0.25, 0.3) is 5.91 Å². The van der Waals surface area contributed by atoms with E-state index in [4.69, 9.17) is 9.47 Å². The smallest absolute Gasteiger partial charge is 0.264 e. The van der Waals surface area contributed by atoms with E-state index >= 15 is 0 Å². The van der Waals surface area contributed by atoms with Gasteiger partial charge in [-0.05, 0) is 31.0 Å². The van der Waals surface area contributed by atoms with Gasteiger partial charge in [-0.15, -0.1) is 11.3 Å². The Labute approximate surface area is 151 Å². The molecule has 0 atom stereocenters. The second-order valence-electron chi connectivity index (χ2n) is 6.07. The summed E-state index contributed by atoms with van der Waals surface area (Å²) in [5, 5.41) is 5.40. The molecular weight excluding hydrogens is 338 g/mol. The topological polar surface area (TPSA) is 63.7 Å². The first-order chi connectivity index (χ1) is 12.1. The third kappa shape index (κ3) is 5.01. The van der Waals surface area contributed by atoms with Crippen LogP contribution in [0.5, 0.6) is 5.75 Å². The number of amides is 1. The number of ether oxygens (including phenoxy) is 2. The van der Waals surface area contributed by atoms with E-state index in [2.05, 4.69) is 15.2 Å². The van der Waals surface area contributed by atoms with Gasteiger partial charge in [-0.2, -0.15) is 0 Å². The first-order valence-electron chi connectivity index (χ1n) is 8.35. The van der Waals surface area contributed by atoms with Gasteiger partial charge in [0.05, 0.1) is 18.9 Å². The number of aromatic nitrogens is 1. The molecule has 0 saturated carbocycles. The van der Waals surface area contributed by atoms with Crippen molar-refractivity contribution in [2.24, 2.45) is 0 Å². The van der Waals surface area contributed by atoms with Crippen LogP contribution in [0.15, 0.2) is 23.6 Å². The largest absolute Gasteiger partial charge is 0.483 e. The summed E-state index contributed by atoms with van der Waals surface area (Å²) in [7, 11) is 0. The molecule has 6 nitrogen and oxygen atoms in total. The van der Waals surface area contributed by atoms with E-state index in [9.17, 15) is 4.79 Å². The lowest BCUT2D eigenvalue weighted by Gasteiger charge is -2.25. The molecule has 1 aromatic carbocycles. The van der Waals surface area contributed by atoms with Crippen LogP contribution in [-0.2, 0) is 16.1 Å². The van der Waals surface area contributed by atoms with Gasteiger partial charge in [-0.3, -0.25) is 15.0 Å². The van der Waals surface area contributed by atoms with Crippen molar-refractivity contribution in [3.05, 3.63) is 40.4 Å². The molecule has 1 aliphatic rings. The Morgan fingerprint density at radius 3 is 2.96 bits per heavy atom. The Bertz CT molecular complexity index is 726. The Morgan fingerprint density at radius 1 is 1.36 bits per heavy atom. The fourth-order valence-corrected chi connectivity index (χ4v) is 3.32. The minimum Gasteiger partial charge on any atom is -0.483 e. The van der Waals surface area contributed by atoms with Crippen molar-refractivity contribution >= 4 is 22.4 Å². The molecule has 0 spiro atoms. The minimum atomic E-state index is -0.201. The predicted molar refractivity (Wildman–Crippen MR) is 98.3 cm³/mol. The molecule has 0 aliphatic carbocycles. The highest BCUT2D eigenvalue weighted by Gasteiger charge is 2.14. The molecule has 1 N–H and O–H groups in total. The quantitative estimate of drug-likeness (QED) is 0.857. The summed E-state index contributed by atoms with van der Waals surface area (Å²) < 4.78 is 11.0. The standard InChI is InChI=1S/C18H23N3O3S/c1-13-4-3-5-16(14(13)2)24-11-17(22)20-18-19-15(12-25-18)10-21-6-8-23-9-7-21/h3-5,12H,6-11H2,1-2H3,(H,19,20,22). The number of aryl methyl sites for hydroxylation is 1. The zero-order valence-electron chi connectivity index (χ0n) is 14.6. The average Bonchev–Trinajstić information content (AvgIpc) is 3.04. The molecule has 0 unspecified atom stereocenters. The van der Waals surface area contributed by atoms with E-state index in [1.54, 1.807) is 0 Å². The first-order valence-corrected chi connectivity index (χ1v) is 9.23. The van der Waals surface area contributed by atoms with Crippen molar-refractivity contribution in [2.75, 3.05) is 38.2 Å². The summed E-state index contributed by atoms with van der Waals surface area (Å²) in [5.41, 5.74) is 3.17. The highest BCUT2D eigenvalue weighted by molar-refractivity contribution is 7.13. The zero-order chi connectivity index (χ0) is 17.6. The normalized spacial score (nSPS) is 15.1. The number of morpholine rings is 1. The molecule has 0 bridgehead atoms. The number of nitrogens with one attached hydrogen (secondary N) is 1. The van der Waals surface area contributed by atoms with Gasteiger partial charge in [0.2, 0.25) is 0 Å². The molecule has 3 rings (SSSR count). The van der Waals surface area contributed by atoms with E-state index in [0.29, 0.717) is 5.13 Å². The van der Waals surface area contributed by atoms with Crippen molar-refractivity contribution < 1.29 is 14.3 Å². The van der Waals surface area contributed by atoms with Crippen LogP contribution in [-0.4, -0.2) is 48.7 Å². The van der Waals surface area contributed by atoms with Crippen molar-refractivity contribution in [2.45, 2.75) is 20.4 Å². The van der Waals surface area contributed by atoms with Crippen LogP contribution in [0.3, 0.4) is 0 Å². The molecule has 1 aliphatic heterocycles. The summed E-state index contributed by atoms with van der Waals surface area (Å²) in [6, 6.07) is 5.82. The maximum absolute atomic E-state index is 12.1. The Kier molecular flexibility index (Phi) is 6.01. The summed E-state index contributed by atoms with van der Waals surface area (Å²) in [5.74, 6) is 0.537. The maximum atomic E-state index is 12.1. The molecule has 1 saturated heterocycles. The average molecular weight is 361 g/mol. The number of thiazole rings is 1. The molecule has 25 heavy (non-hydrogen) atoms. The molecule has 134 valence electrons. The lowest BCUT2D eigenvalue weighted by Crippen LogP contribution is -2.35. The number of rotatable bonds is 6. The summed E-state index contributed by atoms with van der Waals surface area (Å²) in [6.45, 7) is 8.14. The van der Waals surface area contributed by atoms with E-state index in [0.717, 1.165) is 55.4 Å². The van der Waals surface area contributed by atoms with Crippen LogP contribution >= 0.6 is 11.3 Å². The maximum Gasteiger partial charge on any atom is 0.264 e. The van der Waals surface area contributed by atoms with Crippen LogP contribution in [0.25, 0.3) is 0 Å². The van der Waals surface area contributed by atoms with Gasteiger partial charge in [0, 0.05) is 25.0 Å². The monoisotopic (exact) mass is 361 g/mol. The van der Waals surface area contributed by atoms with Gasteiger partial charge in [0.1, 0.15) is 5.75 Å². The highest BCUT2D eigenvalue weighted by atomic mass is 32.1. The zero-order valence-corrected chi connectivity index (χ0v) is 15.4. The van der Waals surface area contributed by atoms with Crippen molar-refractivity contribution in [3.63, 3.8) is 0 Å². The van der Waals surface area contributed by atoms with Gasteiger partial charge < -0.3 is 9.47 Å². The van der Waals surface area contributed by atoms with Gasteiger partial charge in [-0.25, -0.2) is 4.98 Å². The Balaban J connectivity index is 1.48. The number of carbonyl (C=O) groups excluding carboxylic acids is 1. The number of anilines is 1. The molecule has 1 amide bonds. The second-order valence-corrected chi connectivity index (χ2v) is 6.93. The number of benzene rings is 1. The van der Waals surface area contributed by atoms with E-state index < -0.39 is 0 Å². The van der Waals surface area contributed by atoms with Crippen LogP contribution in [0.4, 0.5) is 5.13 Å². The minimum absolute atomic E-state index is 0.0251. The number of hydrogen-bond acceptors (Lipinski definition) is 6. The van der Waals surface area contributed by atoms with Crippen LogP contribution in [0, 0.1) is 13.8 Å². The lowest BCUT2D eigenvalue weighted by molar-refractivity contribution is -0.118. The molecule has 2 aromatic rings. The third-order valence-electron chi connectivity index (χ3n) is 4.20. The molecular formula is C18H23N3O3S. The lowest BCUT2D eigenvalue weighted by atomic mass is 10.1. The van der Waals surface area contributed by atoms with E-state index in [1.165, 1.54) is 11.3 Å². The third-order valence-corrected chi connectivity index (χ3v) is 5.01. The molecule has 1 aromatic heterocycles.